The molecule has 0 bridgehead atoms. The number of rotatable bonds is 5. The Bertz CT molecular complexity index is 657. The van der Waals surface area contributed by atoms with Gasteiger partial charge < -0.3 is 15.5 Å². The zero-order valence-corrected chi connectivity index (χ0v) is 19.8. The molecule has 1 heterocycles. The molecule has 1 saturated heterocycles. The molecule has 0 spiro atoms. The van der Waals surface area contributed by atoms with Gasteiger partial charge in [0.2, 0.25) is 5.91 Å². The lowest BCUT2D eigenvalue weighted by atomic mass is 9.82. The van der Waals surface area contributed by atoms with Gasteiger partial charge in [-0.15, -0.1) is 24.0 Å². The van der Waals surface area contributed by atoms with Crippen LogP contribution in [0.3, 0.4) is 0 Å². The largest absolute Gasteiger partial charge is 0.356 e. The van der Waals surface area contributed by atoms with Crippen molar-refractivity contribution in [3.8, 4) is 0 Å². The summed E-state index contributed by atoms with van der Waals surface area (Å²) in [5, 5.41) is 6.94. The van der Waals surface area contributed by atoms with E-state index in [1.54, 1.807) is 7.05 Å². The van der Waals surface area contributed by atoms with Gasteiger partial charge in [-0.25, -0.2) is 0 Å². The number of amides is 1. The van der Waals surface area contributed by atoms with Crippen LogP contribution >= 0.6 is 24.0 Å². The quantitative estimate of drug-likeness (QED) is 0.382. The summed E-state index contributed by atoms with van der Waals surface area (Å²) in [6, 6.07) is 8.77. The number of hydrogen-bond acceptors (Lipinski definition) is 2. The number of halogens is 1. The lowest BCUT2D eigenvalue weighted by Gasteiger charge is -2.29. The minimum Gasteiger partial charge on any atom is -0.356 e. The smallest absolute Gasteiger partial charge is 0.225 e. The van der Waals surface area contributed by atoms with Crippen molar-refractivity contribution < 1.29 is 4.79 Å². The van der Waals surface area contributed by atoms with E-state index in [1.165, 1.54) is 11.1 Å². The van der Waals surface area contributed by atoms with Gasteiger partial charge >= 0.3 is 0 Å². The van der Waals surface area contributed by atoms with Gasteiger partial charge in [-0.2, -0.15) is 0 Å². The first-order valence-corrected chi connectivity index (χ1v) is 9.56. The van der Waals surface area contributed by atoms with Crippen molar-refractivity contribution in [1.29, 1.82) is 0 Å². The molecule has 1 aromatic carbocycles. The highest BCUT2D eigenvalue weighted by Crippen LogP contribution is 2.25. The average molecular weight is 486 g/mol. The second-order valence-corrected chi connectivity index (χ2v) is 8.19. The van der Waals surface area contributed by atoms with Crippen molar-refractivity contribution in [3.05, 3.63) is 35.4 Å². The molecule has 0 saturated carbocycles. The third kappa shape index (κ3) is 6.36. The van der Waals surface area contributed by atoms with Crippen molar-refractivity contribution in [2.24, 2.45) is 10.9 Å². The second kappa shape index (κ2) is 10.3. The van der Waals surface area contributed by atoms with Crippen LogP contribution in [0.2, 0.25) is 0 Å². The van der Waals surface area contributed by atoms with Crippen LogP contribution in [-0.2, 0) is 10.2 Å². The second-order valence-electron chi connectivity index (χ2n) is 8.19. The van der Waals surface area contributed by atoms with Crippen LogP contribution in [0, 0.1) is 12.8 Å². The predicted molar refractivity (Wildman–Crippen MR) is 124 cm³/mol. The molecule has 1 atom stereocenters. The average Bonchev–Trinajstić information content (AvgIpc) is 3.06. The number of guanidine groups is 1. The number of likely N-dealkylation sites (tertiary alicyclic amines) is 1. The summed E-state index contributed by atoms with van der Waals surface area (Å²) in [7, 11) is 1.79. The van der Waals surface area contributed by atoms with Crippen molar-refractivity contribution in [3.63, 3.8) is 0 Å². The minimum absolute atomic E-state index is 0. The van der Waals surface area contributed by atoms with Crippen LogP contribution in [0.15, 0.2) is 29.3 Å². The third-order valence-electron chi connectivity index (χ3n) is 5.13. The molecule has 1 aliphatic heterocycles. The van der Waals surface area contributed by atoms with E-state index >= 15 is 0 Å². The van der Waals surface area contributed by atoms with Gasteiger partial charge in [0.1, 0.15) is 0 Å². The van der Waals surface area contributed by atoms with Crippen LogP contribution in [0.25, 0.3) is 0 Å². The van der Waals surface area contributed by atoms with Crippen molar-refractivity contribution in [1.82, 2.24) is 15.5 Å². The van der Waals surface area contributed by atoms with Crippen LogP contribution in [-0.4, -0.2) is 49.5 Å². The fraction of sp³-hybridized carbons (Fsp3) is 0.619. The zero-order valence-electron chi connectivity index (χ0n) is 17.5. The van der Waals surface area contributed by atoms with Crippen LogP contribution in [0.4, 0.5) is 0 Å². The van der Waals surface area contributed by atoms with Crippen molar-refractivity contribution in [2.45, 2.75) is 52.5 Å². The van der Waals surface area contributed by atoms with Gasteiger partial charge in [0, 0.05) is 44.1 Å². The molecule has 0 aromatic heterocycles. The lowest BCUT2D eigenvalue weighted by molar-refractivity contribution is -0.133. The Morgan fingerprint density at radius 2 is 2.00 bits per heavy atom. The van der Waals surface area contributed by atoms with E-state index in [2.05, 4.69) is 60.7 Å². The highest BCUT2D eigenvalue weighted by atomic mass is 127. The maximum Gasteiger partial charge on any atom is 0.225 e. The molecule has 5 nitrogen and oxygen atoms in total. The number of carbonyl (C=O) groups excluding carboxylic acids is 1. The molecule has 1 fully saturated rings. The van der Waals surface area contributed by atoms with Gasteiger partial charge in [-0.1, -0.05) is 52.0 Å². The Kier molecular flexibility index (Phi) is 9.05. The maximum atomic E-state index is 12.1. The molecule has 1 amide bonds. The summed E-state index contributed by atoms with van der Waals surface area (Å²) in [5.41, 5.74) is 2.65. The summed E-state index contributed by atoms with van der Waals surface area (Å²) >= 11 is 0. The van der Waals surface area contributed by atoms with E-state index in [9.17, 15) is 4.79 Å². The number of hydrogen-bond donors (Lipinski definition) is 2. The van der Waals surface area contributed by atoms with E-state index in [-0.39, 0.29) is 47.3 Å². The fourth-order valence-electron chi connectivity index (χ4n) is 3.56. The Labute approximate surface area is 181 Å². The molecular formula is C21H35IN4O. The number of benzene rings is 1. The molecule has 0 aliphatic carbocycles. The maximum absolute atomic E-state index is 12.1. The molecule has 1 aromatic rings. The first-order valence-electron chi connectivity index (χ1n) is 9.56. The summed E-state index contributed by atoms with van der Waals surface area (Å²) in [6.07, 6.45) is 0.959. The summed E-state index contributed by atoms with van der Waals surface area (Å²) in [5.74, 6) is 1.09. The van der Waals surface area contributed by atoms with Gasteiger partial charge in [-0.05, 0) is 24.5 Å². The Morgan fingerprint density at radius 1 is 1.33 bits per heavy atom. The van der Waals surface area contributed by atoms with Crippen LogP contribution < -0.4 is 10.6 Å². The van der Waals surface area contributed by atoms with Gasteiger partial charge in [-0.3, -0.25) is 9.79 Å². The number of nitrogens with zero attached hydrogens (tertiary/aromatic N) is 2. The summed E-state index contributed by atoms with van der Waals surface area (Å²) < 4.78 is 0. The van der Waals surface area contributed by atoms with Crippen molar-refractivity contribution in [2.75, 3.05) is 26.7 Å². The summed E-state index contributed by atoms with van der Waals surface area (Å²) in [4.78, 5) is 18.5. The van der Waals surface area contributed by atoms with E-state index in [0.717, 1.165) is 32.0 Å². The Morgan fingerprint density at radius 3 is 2.59 bits per heavy atom. The predicted octanol–water partition coefficient (Wildman–Crippen LogP) is 3.31. The Balaban J connectivity index is 0.00000364. The molecule has 152 valence electrons. The first kappa shape index (κ1) is 23.7. The SMILES string of the molecule is CN=C(NCC(C)(C)c1ccccc1C)NC1CCN(C(=O)C(C)C)C1.I. The normalized spacial score (nSPS) is 17.7. The molecule has 1 unspecified atom stereocenters. The van der Waals surface area contributed by atoms with Crippen molar-refractivity contribution >= 4 is 35.8 Å². The zero-order chi connectivity index (χ0) is 19.3. The minimum atomic E-state index is -0.00170. The van der Waals surface area contributed by atoms with Crippen LogP contribution in [0.1, 0.15) is 45.2 Å². The topological polar surface area (TPSA) is 56.7 Å². The third-order valence-corrected chi connectivity index (χ3v) is 5.13. The first-order chi connectivity index (χ1) is 12.2. The number of nitrogens with one attached hydrogen (secondary N) is 2. The monoisotopic (exact) mass is 486 g/mol. The molecular weight excluding hydrogens is 451 g/mol. The summed E-state index contributed by atoms with van der Waals surface area (Å²) in [6.45, 7) is 12.9. The van der Waals surface area contributed by atoms with Gasteiger partial charge in [0.05, 0.1) is 0 Å². The molecule has 6 heteroatoms. The molecule has 2 N–H and O–H groups in total. The van der Waals surface area contributed by atoms with E-state index in [0.29, 0.717) is 0 Å². The van der Waals surface area contributed by atoms with E-state index in [1.807, 2.05) is 18.7 Å². The highest BCUT2D eigenvalue weighted by molar-refractivity contribution is 14.0. The fourth-order valence-corrected chi connectivity index (χ4v) is 3.56. The molecule has 2 rings (SSSR count). The van der Waals surface area contributed by atoms with E-state index in [4.69, 9.17) is 0 Å². The van der Waals surface area contributed by atoms with Gasteiger partial charge in [0.25, 0.3) is 0 Å². The number of aliphatic imine (C=N–C) groups is 1. The highest BCUT2D eigenvalue weighted by Gasteiger charge is 2.28. The van der Waals surface area contributed by atoms with Crippen LogP contribution in [0.5, 0.6) is 0 Å². The number of carbonyl (C=O) groups is 1. The molecule has 1 aliphatic rings. The number of aryl methyl sites for hydroxylation is 1. The van der Waals surface area contributed by atoms with E-state index < -0.39 is 0 Å². The molecule has 27 heavy (non-hydrogen) atoms. The molecule has 0 radical (unpaired) electrons. The Hall–Kier alpha value is -1.31. The van der Waals surface area contributed by atoms with Gasteiger partial charge in [0.15, 0.2) is 5.96 Å². The standard InChI is InChI=1S/C21H34N4O.HI/c1-15(2)19(26)25-12-11-17(13-25)24-20(22-6)23-14-21(4,5)18-10-8-7-9-16(18)3;/h7-10,15,17H,11-14H2,1-6H3,(H2,22,23,24);1H. The lowest BCUT2D eigenvalue weighted by Crippen LogP contribution is -2.48.